The summed E-state index contributed by atoms with van der Waals surface area (Å²) in [5, 5.41) is 6.05. The van der Waals surface area contributed by atoms with Crippen LogP contribution in [0.2, 0.25) is 0 Å². The third-order valence-corrected chi connectivity index (χ3v) is 1.14. The third kappa shape index (κ3) is 1.80. The first-order valence-electron chi connectivity index (χ1n) is 2.24. The van der Waals surface area contributed by atoms with Gasteiger partial charge in [-0.1, -0.05) is 0 Å². The van der Waals surface area contributed by atoms with Gasteiger partial charge in [0.2, 0.25) is 5.95 Å². The molecule has 1 rings (SSSR count). The fraction of sp³-hybridized carbons (Fsp3) is 0.333. The van der Waals surface area contributed by atoms with Gasteiger partial charge in [-0.2, -0.15) is 10.1 Å². The summed E-state index contributed by atoms with van der Waals surface area (Å²) in [6.07, 6.45) is 2.86. The van der Waals surface area contributed by atoms with Crippen molar-refractivity contribution in [2.75, 3.05) is 11.0 Å². The Kier molecular flexibility index (Phi) is 1.78. The van der Waals surface area contributed by atoms with E-state index >= 15 is 0 Å². The van der Waals surface area contributed by atoms with E-state index in [1.807, 2.05) is 0 Å². The summed E-state index contributed by atoms with van der Waals surface area (Å²) in [6.45, 7) is 0. The number of aromatic nitrogens is 3. The average Bonchev–Trinajstić information content (AvgIpc) is 2.15. The molecule has 0 bridgehead atoms. The van der Waals surface area contributed by atoms with Crippen LogP contribution in [0.3, 0.4) is 0 Å². The Morgan fingerprint density at radius 3 is 3.11 bits per heavy atom. The molecule has 0 aliphatic rings. The molecular weight excluding hydrogens is 140 g/mol. The molecule has 0 spiro atoms. The molecule has 1 heterocycles. The molecule has 0 aliphatic carbocycles. The van der Waals surface area contributed by atoms with Crippen LogP contribution >= 0.6 is 0 Å². The van der Waals surface area contributed by atoms with Crippen LogP contribution in [-0.2, 0) is 11.0 Å². The molecule has 0 saturated carbocycles. The first-order chi connectivity index (χ1) is 4.29. The summed E-state index contributed by atoms with van der Waals surface area (Å²) >= 11 is 0. The van der Waals surface area contributed by atoms with Crippen molar-refractivity contribution in [3.05, 3.63) is 6.33 Å². The van der Waals surface area contributed by atoms with Gasteiger partial charge in [-0.25, -0.2) is 9.31 Å². The quantitative estimate of drug-likeness (QED) is 0.591. The number of H-pyrrole nitrogens is 1. The molecule has 0 aromatic carbocycles. The van der Waals surface area contributed by atoms with Gasteiger partial charge in [0.05, 0.1) is 0 Å². The Morgan fingerprint density at radius 1 is 1.89 bits per heavy atom. The fourth-order valence-corrected chi connectivity index (χ4v) is 0.761. The van der Waals surface area contributed by atoms with Crippen LogP contribution in [0.15, 0.2) is 6.33 Å². The van der Waals surface area contributed by atoms with Gasteiger partial charge in [0.1, 0.15) is 17.3 Å². The van der Waals surface area contributed by atoms with E-state index in [9.17, 15) is 4.21 Å². The van der Waals surface area contributed by atoms with Crippen LogP contribution in [0.1, 0.15) is 0 Å². The van der Waals surface area contributed by atoms with Gasteiger partial charge in [0, 0.05) is 6.26 Å². The fourth-order valence-electron chi connectivity index (χ4n) is 0.391. The van der Waals surface area contributed by atoms with Crippen molar-refractivity contribution >= 4 is 16.9 Å². The predicted molar refractivity (Wildman–Crippen MR) is 34.1 cm³/mol. The lowest BCUT2D eigenvalue weighted by molar-refractivity contribution is 0.689. The number of aromatic amines is 1. The smallest absolute Gasteiger partial charge is 0.230 e. The van der Waals surface area contributed by atoms with Gasteiger partial charge < -0.3 is 0 Å². The van der Waals surface area contributed by atoms with E-state index in [0.29, 0.717) is 5.95 Å². The molecule has 0 saturated heterocycles. The molecule has 1 aromatic rings. The highest BCUT2D eigenvalue weighted by atomic mass is 32.2. The molecule has 0 fully saturated rings. The van der Waals surface area contributed by atoms with Crippen molar-refractivity contribution in [3.8, 4) is 0 Å². The molecule has 2 N–H and O–H groups in total. The summed E-state index contributed by atoms with van der Waals surface area (Å²) < 4.78 is 13.0. The third-order valence-electron chi connectivity index (χ3n) is 0.655. The molecule has 0 aliphatic heterocycles. The zero-order valence-corrected chi connectivity index (χ0v) is 5.60. The zero-order valence-electron chi connectivity index (χ0n) is 4.79. The van der Waals surface area contributed by atoms with Crippen molar-refractivity contribution < 1.29 is 4.21 Å². The summed E-state index contributed by atoms with van der Waals surface area (Å²) in [5.41, 5.74) is 0. The van der Waals surface area contributed by atoms with Crippen LogP contribution in [0.4, 0.5) is 5.95 Å². The maximum Gasteiger partial charge on any atom is 0.230 e. The Morgan fingerprint density at radius 2 is 2.67 bits per heavy atom. The Balaban J connectivity index is 2.58. The number of hydrogen-bond donors (Lipinski definition) is 2. The topological polar surface area (TPSA) is 70.7 Å². The highest BCUT2D eigenvalue weighted by molar-refractivity contribution is 7.85. The maximum atomic E-state index is 10.4. The second-order valence-electron chi connectivity index (χ2n) is 1.39. The number of nitrogens with zero attached hydrogens (tertiary/aromatic N) is 2. The minimum absolute atomic E-state index is 0.427. The SMILES string of the molecule is CS(=O)Nc1ncn[nH]1. The average molecular weight is 146 g/mol. The molecule has 9 heavy (non-hydrogen) atoms. The van der Waals surface area contributed by atoms with Crippen molar-refractivity contribution in [2.24, 2.45) is 0 Å². The van der Waals surface area contributed by atoms with E-state index < -0.39 is 11.0 Å². The molecule has 1 atom stereocenters. The first kappa shape index (κ1) is 6.21. The summed E-state index contributed by atoms with van der Waals surface area (Å²) in [7, 11) is -1.08. The summed E-state index contributed by atoms with van der Waals surface area (Å²) in [6, 6.07) is 0. The van der Waals surface area contributed by atoms with Gasteiger partial charge in [-0.3, -0.25) is 4.72 Å². The summed E-state index contributed by atoms with van der Waals surface area (Å²) in [5.74, 6) is 0.427. The van der Waals surface area contributed by atoms with Crippen molar-refractivity contribution in [1.82, 2.24) is 15.2 Å². The number of nitrogens with one attached hydrogen (secondary N) is 2. The van der Waals surface area contributed by atoms with Gasteiger partial charge in [-0.05, 0) is 0 Å². The largest absolute Gasteiger partial charge is 0.274 e. The van der Waals surface area contributed by atoms with Crippen LogP contribution < -0.4 is 4.72 Å². The van der Waals surface area contributed by atoms with Crippen LogP contribution in [0.5, 0.6) is 0 Å². The Labute approximate surface area is 54.5 Å². The molecule has 5 nitrogen and oxygen atoms in total. The van der Waals surface area contributed by atoms with E-state index in [2.05, 4.69) is 19.9 Å². The van der Waals surface area contributed by atoms with Crippen LogP contribution in [0.25, 0.3) is 0 Å². The lowest BCUT2D eigenvalue weighted by Gasteiger charge is -1.91. The standard InChI is InChI=1S/C3H6N4OS/c1-9(8)7-3-4-2-5-6-3/h2H,1H3,(H2,4,5,6,7). The Hall–Kier alpha value is -0.910. The van der Waals surface area contributed by atoms with Crippen LogP contribution in [0, 0.1) is 0 Å². The van der Waals surface area contributed by atoms with E-state index in [1.165, 1.54) is 12.6 Å². The molecule has 1 unspecified atom stereocenters. The second kappa shape index (κ2) is 2.58. The van der Waals surface area contributed by atoms with Gasteiger partial charge >= 0.3 is 0 Å². The lowest BCUT2D eigenvalue weighted by atomic mass is 11.1. The van der Waals surface area contributed by atoms with Crippen molar-refractivity contribution in [2.45, 2.75) is 0 Å². The minimum Gasteiger partial charge on any atom is -0.274 e. The van der Waals surface area contributed by atoms with E-state index in [1.54, 1.807) is 0 Å². The summed E-state index contributed by atoms with van der Waals surface area (Å²) in [4.78, 5) is 3.69. The van der Waals surface area contributed by atoms with E-state index in [-0.39, 0.29) is 0 Å². The number of anilines is 1. The lowest BCUT2D eigenvalue weighted by Crippen LogP contribution is -2.02. The van der Waals surface area contributed by atoms with Crippen LogP contribution in [-0.4, -0.2) is 25.6 Å². The van der Waals surface area contributed by atoms with Gasteiger partial charge in [0.25, 0.3) is 0 Å². The number of hydrogen-bond acceptors (Lipinski definition) is 3. The maximum absolute atomic E-state index is 10.4. The molecule has 6 heteroatoms. The van der Waals surface area contributed by atoms with E-state index in [0.717, 1.165) is 0 Å². The molecule has 0 radical (unpaired) electrons. The predicted octanol–water partition coefficient (Wildman–Crippen LogP) is -0.490. The zero-order chi connectivity index (χ0) is 6.69. The van der Waals surface area contributed by atoms with Gasteiger partial charge in [0.15, 0.2) is 0 Å². The highest BCUT2D eigenvalue weighted by Gasteiger charge is 1.92. The number of rotatable bonds is 2. The van der Waals surface area contributed by atoms with E-state index in [4.69, 9.17) is 0 Å². The molecule has 1 aromatic heterocycles. The van der Waals surface area contributed by atoms with Crippen molar-refractivity contribution in [1.29, 1.82) is 0 Å². The molecular formula is C3H6N4OS. The molecule has 0 amide bonds. The monoisotopic (exact) mass is 146 g/mol. The molecule has 50 valence electrons. The normalized spacial score (nSPS) is 13.0. The Bertz CT molecular complexity index is 196. The first-order valence-corrected chi connectivity index (χ1v) is 3.80. The second-order valence-corrected chi connectivity index (χ2v) is 2.50. The highest BCUT2D eigenvalue weighted by Crippen LogP contribution is 1.91. The minimum atomic E-state index is -1.08. The van der Waals surface area contributed by atoms with Crippen molar-refractivity contribution in [3.63, 3.8) is 0 Å². The van der Waals surface area contributed by atoms with Gasteiger partial charge in [-0.15, -0.1) is 0 Å².